The molecule has 0 unspecified atom stereocenters. The van der Waals surface area contributed by atoms with Gasteiger partial charge in [-0.2, -0.15) is 0 Å². The number of aromatic nitrogens is 1. The first-order valence-electron chi connectivity index (χ1n) is 7.84. The van der Waals surface area contributed by atoms with Crippen LogP contribution in [0.25, 0.3) is 0 Å². The van der Waals surface area contributed by atoms with Gasteiger partial charge in [0, 0.05) is 46.3 Å². The predicted octanol–water partition coefficient (Wildman–Crippen LogP) is 0.146. The van der Waals surface area contributed by atoms with Gasteiger partial charge in [0.25, 0.3) is 0 Å². The van der Waals surface area contributed by atoms with Crippen molar-refractivity contribution in [1.29, 1.82) is 0 Å². The van der Waals surface area contributed by atoms with Gasteiger partial charge in [0.1, 0.15) is 0 Å². The normalized spacial score (nSPS) is 25.6. The molecule has 2 saturated heterocycles. The van der Waals surface area contributed by atoms with E-state index in [0.717, 1.165) is 58.3 Å². The highest BCUT2D eigenvalue weighted by Crippen LogP contribution is 2.36. The summed E-state index contributed by atoms with van der Waals surface area (Å²) < 4.78 is 5.44. The number of anilines is 3. The van der Waals surface area contributed by atoms with Crippen molar-refractivity contribution in [3.8, 4) is 0 Å². The number of piperazine rings is 1. The lowest BCUT2D eigenvalue weighted by molar-refractivity contribution is 0.122. The third-order valence-corrected chi connectivity index (χ3v) is 4.73. The van der Waals surface area contributed by atoms with E-state index in [1.807, 2.05) is 6.20 Å². The molecule has 6 heteroatoms. The molecule has 3 aliphatic rings. The van der Waals surface area contributed by atoms with Crippen LogP contribution in [0, 0.1) is 0 Å². The molecule has 0 saturated carbocycles. The fourth-order valence-corrected chi connectivity index (χ4v) is 3.55. The molecule has 0 radical (unpaired) electrons. The number of ether oxygens (including phenoxy) is 1. The number of nitrogens with zero attached hydrogens (tertiary/aromatic N) is 4. The lowest BCUT2D eigenvalue weighted by atomic mass is 10.1. The third kappa shape index (κ3) is 2.32. The quantitative estimate of drug-likeness (QED) is 0.794. The SMILES string of the molecule is CN1C[C@H]2CNCCN2c2ncc(N3CCOCC3)cc21. The Bertz CT molecular complexity index is 517. The van der Waals surface area contributed by atoms with Crippen molar-refractivity contribution in [2.24, 2.45) is 0 Å². The molecule has 4 heterocycles. The van der Waals surface area contributed by atoms with E-state index in [0.29, 0.717) is 6.04 Å². The summed E-state index contributed by atoms with van der Waals surface area (Å²) in [6.07, 6.45) is 2.03. The van der Waals surface area contributed by atoms with Gasteiger partial charge in [-0.05, 0) is 6.07 Å². The minimum absolute atomic E-state index is 0.540. The van der Waals surface area contributed by atoms with E-state index >= 15 is 0 Å². The summed E-state index contributed by atoms with van der Waals surface area (Å²) in [5.41, 5.74) is 2.48. The van der Waals surface area contributed by atoms with Crippen molar-refractivity contribution in [2.45, 2.75) is 6.04 Å². The zero-order chi connectivity index (χ0) is 14.2. The fourth-order valence-electron chi connectivity index (χ4n) is 3.55. The summed E-state index contributed by atoms with van der Waals surface area (Å²) in [5, 5.41) is 3.48. The van der Waals surface area contributed by atoms with E-state index in [1.165, 1.54) is 11.4 Å². The van der Waals surface area contributed by atoms with E-state index in [2.05, 4.69) is 33.1 Å². The third-order valence-electron chi connectivity index (χ3n) is 4.73. The number of hydrogen-bond acceptors (Lipinski definition) is 6. The van der Waals surface area contributed by atoms with Gasteiger partial charge in [0.2, 0.25) is 0 Å². The summed E-state index contributed by atoms with van der Waals surface area (Å²) in [4.78, 5) is 12.0. The Morgan fingerprint density at radius 1 is 1.29 bits per heavy atom. The predicted molar refractivity (Wildman–Crippen MR) is 84.5 cm³/mol. The van der Waals surface area contributed by atoms with Crippen LogP contribution in [0.3, 0.4) is 0 Å². The van der Waals surface area contributed by atoms with Crippen LogP contribution < -0.4 is 20.0 Å². The lowest BCUT2D eigenvalue weighted by Gasteiger charge is -2.45. The van der Waals surface area contributed by atoms with Crippen molar-refractivity contribution in [2.75, 3.05) is 74.2 Å². The number of pyridine rings is 1. The second-order valence-corrected chi connectivity index (χ2v) is 6.07. The van der Waals surface area contributed by atoms with Crippen LogP contribution in [0.2, 0.25) is 0 Å². The molecule has 1 aromatic heterocycles. The van der Waals surface area contributed by atoms with E-state index in [9.17, 15) is 0 Å². The maximum absolute atomic E-state index is 5.44. The van der Waals surface area contributed by atoms with Gasteiger partial charge in [-0.25, -0.2) is 4.98 Å². The number of fused-ring (bicyclic) bond motifs is 3. The Labute approximate surface area is 125 Å². The minimum atomic E-state index is 0.540. The Morgan fingerprint density at radius 3 is 3.00 bits per heavy atom. The fraction of sp³-hybridized carbons (Fsp3) is 0.667. The maximum atomic E-state index is 5.44. The highest BCUT2D eigenvalue weighted by molar-refractivity contribution is 5.74. The van der Waals surface area contributed by atoms with Crippen molar-refractivity contribution in [3.05, 3.63) is 12.3 Å². The lowest BCUT2D eigenvalue weighted by Crippen LogP contribution is -2.58. The van der Waals surface area contributed by atoms with Crippen LogP contribution in [-0.2, 0) is 4.74 Å². The summed E-state index contributed by atoms with van der Waals surface area (Å²) in [7, 11) is 2.18. The molecule has 2 fully saturated rings. The number of morpholine rings is 1. The Kier molecular flexibility index (Phi) is 3.35. The van der Waals surface area contributed by atoms with Crippen molar-refractivity contribution >= 4 is 17.2 Å². The molecule has 114 valence electrons. The maximum Gasteiger partial charge on any atom is 0.152 e. The van der Waals surface area contributed by atoms with Crippen LogP contribution >= 0.6 is 0 Å². The summed E-state index contributed by atoms with van der Waals surface area (Å²) in [6, 6.07) is 2.84. The van der Waals surface area contributed by atoms with Gasteiger partial charge in [-0.15, -0.1) is 0 Å². The molecule has 1 N–H and O–H groups in total. The molecule has 0 aromatic carbocycles. The monoisotopic (exact) mass is 289 g/mol. The average Bonchev–Trinajstić information content (AvgIpc) is 2.55. The van der Waals surface area contributed by atoms with Crippen LogP contribution in [-0.4, -0.2) is 70.6 Å². The molecule has 0 spiro atoms. The molecule has 6 nitrogen and oxygen atoms in total. The van der Waals surface area contributed by atoms with Gasteiger partial charge in [0.15, 0.2) is 5.82 Å². The van der Waals surface area contributed by atoms with Crippen LogP contribution in [0.15, 0.2) is 12.3 Å². The largest absolute Gasteiger partial charge is 0.378 e. The Balaban J connectivity index is 1.66. The number of hydrogen-bond donors (Lipinski definition) is 1. The zero-order valence-electron chi connectivity index (χ0n) is 12.6. The highest BCUT2D eigenvalue weighted by Gasteiger charge is 2.32. The molecule has 0 aliphatic carbocycles. The summed E-state index contributed by atoms with van der Waals surface area (Å²) in [6.45, 7) is 7.76. The van der Waals surface area contributed by atoms with Crippen molar-refractivity contribution in [1.82, 2.24) is 10.3 Å². The van der Waals surface area contributed by atoms with E-state index in [-0.39, 0.29) is 0 Å². The standard InChI is InChI=1S/C15H23N5O/c1-18-11-13-9-16-2-3-20(13)15-14(18)8-12(10-17-15)19-4-6-21-7-5-19/h8,10,13,16H,2-7,9,11H2,1H3/t13-/m1/s1. The molecule has 1 atom stereocenters. The van der Waals surface area contributed by atoms with Gasteiger partial charge in [0.05, 0.1) is 36.8 Å². The summed E-state index contributed by atoms with van der Waals surface area (Å²) >= 11 is 0. The van der Waals surface area contributed by atoms with Crippen molar-refractivity contribution in [3.63, 3.8) is 0 Å². The molecule has 0 amide bonds. The zero-order valence-corrected chi connectivity index (χ0v) is 12.6. The molecule has 4 rings (SSSR count). The first-order chi connectivity index (χ1) is 10.3. The van der Waals surface area contributed by atoms with Crippen LogP contribution in [0.5, 0.6) is 0 Å². The number of rotatable bonds is 1. The first kappa shape index (κ1) is 13.2. The number of nitrogens with one attached hydrogen (secondary N) is 1. The molecular formula is C15H23N5O. The minimum Gasteiger partial charge on any atom is -0.378 e. The van der Waals surface area contributed by atoms with Crippen LogP contribution in [0.1, 0.15) is 0 Å². The van der Waals surface area contributed by atoms with Gasteiger partial charge in [-0.3, -0.25) is 0 Å². The van der Waals surface area contributed by atoms with Crippen LogP contribution in [0.4, 0.5) is 17.2 Å². The van der Waals surface area contributed by atoms with Gasteiger partial charge >= 0.3 is 0 Å². The molecule has 1 aromatic rings. The van der Waals surface area contributed by atoms with Gasteiger partial charge in [-0.1, -0.05) is 0 Å². The molecule has 0 bridgehead atoms. The van der Waals surface area contributed by atoms with E-state index in [4.69, 9.17) is 9.72 Å². The second kappa shape index (κ2) is 5.35. The Hall–Kier alpha value is -1.53. The average molecular weight is 289 g/mol. The highest BCUT2D eigenvalue weighted by atomic mass is 16.5. The second-order valence-electron chi connectivity index (χ2n) is 6.07. The summed E-state index contributed by atoms with van der Waals surface area (Å²) in [5.74, 6) is 1.15. The smallest absolute Gasteiger partial charge is 0.152 e. The van der Waals surface area contributed by atoms with Gasteiger partial charge < -0.3 is 24.8 Å². The Morgan fingerprint density at radius 2 is 2.14 bits per heavy atom. The number of likely N-dealkylation sites (N-methyl/N-ethyl adjacent to an activating group) is 1. The molecule has 21 heavy (non-hydrogen) atoms. The van der Waals surface area contributed by atoms with E-state index < -0.39 is 0 Å². The van der Waals surface area contributed by atoms with E-state index in [1.54, 1.807) is 0 Å². The topological polar surface area (TPSA) is 43.9 Å². The molecule has 3 aliphatic heterocycles. The molecular weight excluding hydrogens is 266 g/mol. The first-order valence-corrected chi connectivity index (χ1v) is 7.84. The van der Waals surface area contributed by atoms with Crippen molar-refractivity contribution < 1.29 is 4.74 Å².